The molecule has 102 valence electrons. The molecule has 1 amide bonds. The lowest BCUT2D eigenvalue weighted by Crippen LogP contribution is -2.67. The van der Waals surface area contributed by atoms with Crippen LogP contribution < -0.4 is 5.32 Å². The zero-order chi connectivity index (χ0) is 13.3. The number of hydrogen-bond acceptors (Lipinski definition) is 3. The summed E-state index contributed by atoms with van der Waals surface area (Å²) in [5, 5.41) is 3.50. The number of hydrogen-bond donors (Lipinski definition) is 1. The number of carbonyl (C=O) groups is 1. The van der Waals surface area contributed by atoms with E-state index in [9.17, 15) is 4.79 Å². The number of amides is 1. The average molecular weight is 260 g/mol. The lowest BCUT2D eigenvalue weighted by Gasteiger charge is -2.50. The van der Waals surface area contributed by atoms with Crippen molar-refractivity contribution in [2.75, 3.05) is 26.3 Å². The molecule has 2 aliphatic rings. The highest BCUT2D eigenvalue weighted by atomic mass is 16.5. The van der Waals surface area contributed by atoms with Crippen molar-refractivity contribution in [2.45, 2.75) is 25.4 Å². The minimum Gasteiger partial charge on any atom is -0.367 e. The minimum absolute atomic E-state index is 0.0815. The first kappa shape index (κ1) is 12.6. The van der Waals surface area contributed by atoms with Gasteiger partial charge in [-0.25, -0.2) is 0 Å². The third-order valence-corrected chi connectivity index (χ3v) is 4.11. The monoisotopic (exact) mass is 260 g/mol. The first-order valence-electron chi connectivity index (χ1n) is 6.99. The van der Waals surface area contributed by atoms with Gasteiger partial charge in [0.05, 0.1) is 6.61 Å². The van der Waals surface area contributed by atoms with Gasteiger partial charge in [-0.2, -0.15) is 0 Å². The van der Waals surface area contributed by atoms with Crippen LogP contribution in [0.1, 0.15) is 24.5 Å². The van der Waals surface area contributed by atoms with E-state index in [-0.39, 0.29) is 12.5 Å². The van der Waals surface area contributed by atoms with E-state index in [4.69, 9.17) is 4.74 Å². The van der Waals surface area contributed by atoms with E-state index in [1.807, 2.05) is 4.90 Å². The topological polar surface area (TPSA) is 41.6 Å². The van der Waals surface area contributed by atoms with E-state index >= 15 is 0 Å². The van der Waals surface area contributed by atoms with Crippen molar-refractivity contribution in [3.05, 3.63) is 35.4 Å². The summed E-state index contributed by atoms with van der Waals surface area (Å²) >= 11 is 0. The van der Waals surface area contributed by atoms with E-state index in [1.54, 1.807) is 0 Å². The van der Waals surface area contributed by atoms with Crippen LogP contribution in [0.4, 0.5) is 0 Å². The van der Waals surface area contributed by atoms with Gasteiger partial charge in [0.15, 0.2) is 0 Å². The number of morpholine rings is 1. The summed E-state index contributed by atoms with van der Waals surface area (Å²) in [5.41, 5.74) is 1.97. The third kappa shape index (κ3) is 2.05. The number of ether oxygens (including phenoxy) is 1. The van der Waals surface area contributed by atoms with Crippen LogP contribution in [0.3, 0.4) is 0 Å². The maximum atomic E-state index is 12.1. The van der Waals surface area contributed by atoms with Crippen molar-refractivity contribution in [2.24, 2.45) is 0 Å². The van der Waals surface area contributed by atoms with Gasteiger partial charge in [0.25, 0.3) is 0 Å². The van der Waals surface area contributed by atoms with Crippen LogP contribution in [0, 0.1) is 0 Å². The Labute approximate surface area is 113 Å². The highest BCUT2D eigenvalue weighted by Crippen LogP contribution is 2.32. The van der Waals surface area contributed by atoms with Crippen LogP contribution in [-0.2, 0) is 21.6 Å². The quantitative estimate of drug-likeness (QED) is 0.870. The van der Waals surface area contributed by atoms with Crippen molar-refractivity contribution in [1.82, 2.24) is 10.2 Å². The molecule has 0 spiro atoms. The second-order valence-corrected chi connectivity index (χ2v) is 5.23. The summed E-state index contributed by atoms with van der Waals surface area (Å²) < 4.78 is 5.51. The third-order valence-electron chi connectivity index (χ3n) is 4.11. The Morgan fingerprint density at radius 1 is 1.37 bits per heavy atom. The minimum atomic E-state index is -0.458. The predicted octanol–water partition coefficient (Wildman–Crippen LogP) is 1.25. The first-order valence-corrected chi connectivity index (χ1v) is 6.99. The fraction of sp³-hybridized carbons (Fsp3) is 0.533. The van der Waals surface area contributed by atoms with Gasteiger partial charge in [-0.3, -0.25) is 10.1 Å². The maximum absolute atomic E-state index is 12.1. The number of benzene rings is 1. The van der Waals surface area contributed by atoms with Crippen LogP contribution in [-0.4, -0.2) is 37.1 Å². The summed E-state index contributed by atoms with van der Waals surface area (Å²) in [4.78, 5) is 14.0. The van der Waals surface area contributed by atoms with Crippen molar-refractivity contribution in [1.29, 1.82) is 0 Å². The Bertz CT molecular complexity index is 468. The Morgan fingerprint density at radius 3 is 2.89 bits per heavy atom. The van der Waals surface area contributed by atoms with Crippen LogP contribution in [0.25, 0.3) is 0 Å². The molecule has 2 saturated heterocycles. The molecule has 4 nitrogen and oxygen atoms in total. The molecule has 0 bridgehead atoms. The molecule has 0 radical (unpaired) electrons. The molecule has 3 rings (SSSR count). The summed E-state index contributed by atoms with van der Waals surface area (Å²) in [6.45, 7) is 4.61. The van der Waals surface area contributed by atoms with Crippen LogP contribution >= 0.6 is 0 Å². The Morgan fingerprint density at radius 2 is 2.16 bits per heavy atom. The largest absolute Gasteiger partial charge is 0.367 e. The smallest absolute Gasteiger partial charge is 0.250 e. The predicted molar refractivity (Wildman–Crippen MR) is 72.6 cm³/mol. The summed E-state index contributed by atoms with van der Waals surface area (Å²) in [5.74, 6) is 0.0815. The Balaban J connectivity index is 1.99. The molecule has 0 aliphatic carbocycles. The molecule has 0 aromatic heterocycles. The molecular weight excluding hydrogens is 240 g/mol. The number of nitrogens with zero attached hydrogens (tertiary/aromatic N) is 1. The number of carbonyl (C=O) groups excluding carboxylic acids is 1. The number of rotatable bonds is 2. The number of fused-ring (bicyclic) bond motifs is 1. The Kier molecular flexibility index (Phi) is 3.29. The highest BCUT2D eigenvalue weighted by Gasteiger charge is 2.45. The lowest BCUT2D eigenvalue weighted by molar-refractivity contribution is -0.167. The van der Waals surface area contributed by atoms with Crippen molar-refractivity contribution >= 4 is 5.91 Å². The van der Waals surface area contributed by atoms with Gasteiger partial charge in [-0.1, -0.05) is 31.2 Å². The zero-order valence-electron chi connectivity index (χ0n) is 11.3. The molecule has 1 N–H and O–H groups in total. The summed E-state index contributed by atoms with van der Waals surface area (Å²) in [7, 11) is 0. The molecule has 2 fully saturated rings. The van der Waals surface area contributed by atoms with Crippen LogP contribution in [0.5, 0.6) is 0 Å². The van der Waals surface area contributed by atoms with Gasteiger partial charge < -0.3 is 9.64 Å². The fourth-order valence-corrected chi connectivity index (χ4v) is 3.01. The second-order valence-electron chi connectivity index (χ2n) is 5.23. The van der Waals surface area contributed by atoms with E-state index in [1.165, 1.54) is 5.56 Å². The van der Waals surface area contributed by atoms with Gasteiger partial charge in [-0.15, -0.1) is 0 Å². The van der Waals surface area contributed by atoms with Crippen molar-refractivity contribution in [3.8, 4) is 0 Å². The maximum Gasteiger partial charge on any atom is 0.250 e. The molecular formula is C15H20N2O2. The van der Waals surface area contributed by atoms with Crippen molar-refractivity contribution in [3.63, 3.8) is 0 Å². The molecule has 1 aromatic rings. The molecule has 2 heterocycles. The summed E-state index contributed by atoms with van der Waals surface area (Å²) in [6.07, 6.45) is 2.03. The highest BCUT2D eigenvalue weighted by molar-refractivity contribution is 5.79. The molecule has 4 heteroatoms. The van der Waals surface area contributed by atoms with E-state index in [2.05, 4.69) is 36.5 Å². The lowest BCUT2D eigenvalue weighted by atomic mass is 9.93. The van der Waals surface area contributed by atoms with Crippen LogP contribution in [0.2, 0.25) is 0 Å². The normalized spacial score (nSPS) is 27.2. The fourth-order valence-electron chi connectivity index (χ4n) is 3.01. The second kappa shape index (κ2) is 4.94. The van der Waals surface area contributed by atoms with Crippen molar-refractivity contribution < 1.29 is 9.53 Å². The molecule has 1 atom stereocenters. The van der Waals surface area contributed by atoms with Crippen LogP contribution in [0.15, 0.2) is 24.3 Å². The molecule has 1 unspecified atom stereocenters. The van der Waals surface area contributed by atoms with E-state index in [0.717, 1.165) is 31.5 Å². The van der Waals surface area contributed by atoms with Gasteiger partial charge in [0.2, 0.25) is 5.91 Å². The average Bonchev–Trinajstić information content (AvgIpc) is 2.48. The molecule has 0 saturated carbocycles. The Hall–Kier alpha value is -1.39. The summed E-state index contributed by atoms with van der Waals surface area (Å²) in [6, 6.07) is 8.51. The molecule has 1 aromatic carbocycles. The van der Waals surface area contributed by atoms with Gasteiger partial charge in [0, 0.05) is 6.54 Å². The van der Waals surface area contributed by atoms with Gasteiger partial charge >= 0.3 is 0 Å². The number of nitrogens with one attached hydrogen (secondary N) is 1. The zero-order valence-corrected chi connectivity index (χ0v) is 11.3. The SMILES string of the molecule is CCc1ccc(C23COCC(=O)N2CCCN3)cc1. The van der Waals surface area contributed by atoms with E-state index < -0.39 is 5.66 Å². The van der Waals surface area contributed by atoms with Gasteiger partial charge in [-0.05, 0) is 30.5 Å². The van der Waals surface area contributed by atoms with Gasteiger partial charge in [0.1, 0.15) is 12.3 Å². The molecule has 2 aliphatic heterocycles. The molecule has 19 heavy (non-hydrogen) atoms. The van der Waals surface area contributed by atoms with E-state index in [0.29, 0.717) is 6.61 Å². The number of aryl methyl sites for hydroxylation is 1. The standard InChI is InChI=1S/C15H20N2O2/c1-2-12-4-6-13(7-5-12)15-11-19-10-14(18)17(15)9-3-8-16-15/h4-7,16H,2-3,8-11H2,1H3. The first-order chi connectivity index (χ1) is 9.26.